The van der Waals surface area contributed by atoms with Crippen LogP contribution in [0.1, 0.15) is 21.5 Å². The molecule has 0 bridgehead atoms. The third-order valence-electron chi connectivity index (χ3n) is 2.79. The lowest BCUT2D eigenvalue weighted by Gasteiger charge is -2.09. The van der Waals surface area contributed by atoms with Crippen LogP contribution in [0.2, 0.25) is 10.0 Å². The SMILES string of the molecule is Cc1cc(C(=O)c2cc(N)cc(Cl)c2Cl)c(F)cc1F. The summed E-state index contributed by atoms with van der Waals surface area (Å²) >= 11 is 11.8. The third-order valence-corrected chi connectivity index (χ3v) is 3.59. The van der Waals surface area contributed by atoms with Crippen molar-refractivity contribution in [2.24, 2.45) is 0 Å². The van der Waals surface area contributed by atoms with Gasteiger partial charge in [-0.3, -0.25) is 4.79 Å². The highest BCUT2D eigenvalue weighted by molar-refractivity contribution is 6.44. The Labute approximate surface area is 124 Å². The standard InChI is InChI=1S/C14H9Cl2F2NO/c1-6-2-8(12(18)5-11(6)17)14(20)9-3-7(19)4-10(15)13(9)16/h2-5H,19H2,1H3. The molecule has 0 aromatic heterocycles. The van der Waals surface area contributed by atoms with Crippen molar-refractivity contribution in [3.8, 4) is 0 Å². The zero-order valence-electron chi connectivity index (χ0n) is 10.3. The minimum Gasteiger partial charge on any atom is -0.399 e. The van der Waals surface area contributed by atoms with Crippen LogP contribution >= 0.6 is 23.2 Å². The fourth-order valence-corrected chi connectivity index (χ4v) is 2.17. The number of nitrogens with two attached hydrogens (primary N) is 1. The first-order valence-electron chi connectivity index (χ1n) is 5.56. The van der Waals surface area contributed by atoms with E-state index in [9.17, 15) is 13.6 Å². The van der Waals surface area contributed by atoms with Gasteiger partial charge in [-0.05, 0) is 30.7 Å². The van der Waals surface area contributed by atoms with Crippen LogP contribution in [0.5, 0.6) is 0 Å². The first kappa shape index (κ1) is 14.8. The Kier molecular flexibility index (Phi) is 3.97. The van der Waals surface area contributed by atoms with Gasteiger partial charge in [0, 0.05) is 17.3 Å². The molecule has 6 heteroatoms. The van der Waals surface area contributed by atoms with Crippen molar-refractivity contribution in [1.29, 1.82) is 0 Å². The van der Waals surface area contributed by atoms with E-state index >= 15 is 0 Å². The summed E-state index contributed by atoms with van der Waals surface area (Å²) in [4.78, 5) is 12.3. The monoisotopic (exact) mass is 315 g/mol. The van der Waals surface area contributed by atoms with Crippen molar-refractivity contribution in [1.82, 2.24) is 0 Å². The number of anilines is 1. The number of carbonyl (C=O) groups excluding carboxylic acids is 1. The van der Waals surface area contributed by atoms with E-state index in [1.165, 1.54) is 19.1 Å². The first-order valence-corrected chi connectivity index (χ1v) is 6.31. The second-order valence-electron chi connectivity index (χ2n) is 4.27. The number of hydrogen-bond acceptors (Lipinski definition) is 2. The van der Waals surface area contributed by atoms with E-state index in [0.717, 1.165) is 6.07 Å². The molecule has 0 atom stereocenters. The predicted octanol–water partition coefficient (Wildman–Crippen LogP) is 4.39. The summed E-state index contributed by atoms with van der Waals surface area (Å²) in [7, 11) is 0. The van der Waals surface area contributed by atoms with Crippen LogP contribution in [0.15, 0.2) is 24.3 Å². The van der Waals surface area contributed by atoms with Gasteiger partial charge in [0.1, 0.15) is 11.6 Å². The predicted molar refractivity (Wildman–Crippen MR) is 75.4 cm³/mol. The van der Waals surface area contributed by atoms with E-state index < -0.39 is 17.4 Å². The maximum Gasteiger partial charge on any atom is 0.197 e. The molecule has 0 radical (unpaired) electrons. The molecule has 0 saturated carbocycles. The summed E-state index contributed by atoms with van der Waals surface area (Å²) in [5.74, 6) is -2.40. The van der Waals surface area contributed by atoms with Gasteiger partial charge < -0.3 is 5.73 Å². The average Bonchev–Trinajstić information content (AvgIpc) is 2.37. The maximum absolute atomic E-state index is 13.7. The Morgan fingerprint density at radius 1 is 1.05 bits per heavy atom. The minimum absolute atomic E-state index is 0.0211. The second-order valence-corrected chi connectivity index (χ2v) is 5.06. The minimum atomic E-state index is -0.965. The van der Waals surface area contributed by atoms with Crippen LogP contribution in [-0.4, -0.2) is 5.78 Å². The van der Waals surface area contributed by atoms with Gasteiger partial charge in [-0.25, -0.2) is 8.78 Å². The highest BCUT2D eigenvalue weighted by atomic mass is 35.5. The molecule has 0 aliphatic carbocycles. The molecule has 2 N–H and O–H groups in total. The Morgan fingerprint density at radius 2 is 1.70 bits per heavy atom. The molecule has 20 heavy (non-hydrogen) atoms. The van der Waals surface area contributed by atoms with Gasteiger partial charge in [-0.2, -0.15) is 0 Å². The zero-order chi connectivity index (χ0) is 15.0. The summed E-state index contributed by atoms with van der Waals surface area (Å²) in [5, 5.41) is 0.0708. The van der Waals surface area contributed by atoms with Gasteiger partial charge >= 0.3 is 0 Å². The molecular weight excluding hydrogens is 307 g/mol. The molecule has 2 rings (SSSR count). The van der Waals surface area contributed by atoms with Gasteiger partial charge in [0.15, 0.2) is 5.78 Å². The van der Waals surface area contributed by atoms with Crippen LogP contribution in [0.4, 0.5) is 14.5 Å². The van der Waals surface area contributed by atoms with E-state index in [2.05, 4.69) is 0 Å². The van der Waals surface area contributed by atoms with Crippen LogP contribution < -0.4 is 5.73 Å². The quantitative estimate of drug-likeness (QED) is 0.659. The first-order chi connectivity index (χ1) is 9.31. The Bertz CT molecular complexity index is 717. The maximum atomic E-state index is 13.7. The van der Waals surface area contributed by atoms with E-state index in [1.807, 2.05) is 0 Å². The van der Waals surface area contributed by atoms with E-state index in [4.69, 9.17) is 28.9 Å². The molecule has 2 aromatic carbocycles. The summed E-state index contributed by atoms with van der Waals surface area (Å²) in [6.07, 6.45) is 0. The number of rotatable bonds is 2. The number of benzene rings is 2. The summed E-state index contributed by atoms with van der Waals surface area (Å²) < 4.78 is 26.9. The summed E-state index contributed by atoms with van der Waals surface area (Å²) in [6, 6.07) is 4.46. The van der Waals surface area contributed by atoms with Gasteiger partial charge in [0.2, 0.25) is 0 Å². The van der Waals surface area contributed by atoms with Crippen molar-refractivity contribution >= 4 is 34.7 Å². The topological polar surface area (TPSA) is 43.1 Å². The Balaban J connectivity index is 2.60. The number of nitrogen functional groups attached to an aromatic ring is 1. The number of ketones is 1. The normalized spacial score (nSPS) is 10.7. The lowest BCUT2D eigenvalue weighted by atomic mass is 10.00. The zero-order valence-corrected chi connectivity index (χ0v) is 11.8. The van der Waals surface area contributed by atoms with Gasteiger partial charge in [0.05, 0.1) is 15.6 Å². The van der Waals surface area contributed by atoms with Crippen LogP contribution in [0.3, 0.4) is 0 Å². The smallest absolute Gasteiger partial charge is 0.197 e. The summed E-state index contributed by atoms with van der Waals surface area (Å²) in [5.41, 5.74) is 5.65. The summed E-state index contributed by atoms with van der Waals surface area (Å²) in [6.45, 7) is 1.43. The van der Waals surface area contributed by atoms with Crippen LogP contribution in [-0.2, 0) is 0 Å². The number of aryl methyl sites for hydroxylation is 1. The molecule has 0 saturated heterocycles. The lowest BCUT2D eigenvalue weighted by molar-refractivity contribution is 0.103. The molecule has 2 nitrogen and oxygen atoms in total. The molecule has 0 amide bonds. The molecule has 2 aromatic rings. The van der Waals surface area contributed by atoms with E-state index in [-0.39, 0.29) is 32.4 Å². The molecule has 0 aliphatic heterocycles. The molecule has 0 unspecified atom stereocenters. The van der Waals surface area contributed by atoms with Gasteiger partial charge in [0.25, 0.3) is 0 Å². The molecule has 0 spiro atoms. The third kappa shape index (κ3) is 2.62. The Morgan fingerprint density at radius 3 is 2.35 bits per heavy atom. The van der Waals surface area contributed by atoms with Crippen molar-refractivity contribution < 1.29 is 13.6 Å². The van der Waals surface area contributed by atoms with Crippen molar-refractivity contribution in [2.45, 2.75) is 6.92 Å². The largest absolute Gasteiger partial charge is 0.399 e. The van der Waals surface area contributed by atoms with Crippen molar-refractivity contribution in [3.63, 3.8) is 0 Å². The highest BCUT2D eigenvalue weighted by Crippen LogP contribution is 2.31. The van der Waals surface area contributed by atoms with Crippen molar-refractivity contribution in [3.05, 3.63) is 62.6 Å². The second kappa shape index (κ2) is 5.38. The number of hydrogen-bond donors (Lipinski definition) is 1. The molecule has 0 fully saturated rings. The highest BCUT2D eigenvalue weighted by Gasteiger charge is 2.20. The fourth-order valence-electron chi connectivity index (χ4n) is 1.75. The number of carbonyl (C=O) groups is 1. The fraction of sp³-hybridized carbons (Fsp3) is 0.0714. The Hall–Kier alpha value is -1.65. The van der Waals surface area contributed by atoms with Crippen molar-refractivity contribution in [2.75, 3.05) is 5.73 Å². The molecule has 0 aliphatic rings. The van der Waals surface area contributed by atoms with E-state index in [0.29, 0.717) is 6.07 Å². The van der Waals surface area contributed by atoms with Crippen LogP contribution in [0.25, 0.3) is 0 Å². The molecular formula is C14H9Cl2F2NO. The number of halogens is 4. The average molecular weight is 316 g/mol. The lowest BCUT2D eigenvalue weighted by Crippen LogP contribution is -2.07. The molecule has 104 valence electrons. The van der Waals surface area contributed by atoms with Gasteiger partial charge in [-0.15, -0.1) is 0 Å². The van der Waals surface area contributed by atoms with E-state index in [1.54, 1.807) is 0 Å². The molecule has 0 heterocycles. The van der Waals surface area contributed by atoms with Gasteiger partial charge in [-0.1, -0.05) is 23.2 Å². The van der Waals surface area contributed by atoms with Crippen LogP contribution in [0, 0.1) is 18.6 Å².